The van der Waals surface area contributed by atoms with Crippen molar-refractivity contribution in [3.8, 4) is 0 Å². The van der Waals surface area contributed by atoms with E-state index in [1.54, 1.807) is 13.8 Å². The zero-order valence-electron chi connectivity index (χ0n) is 16.8. The van der Waals surface area contributed by atoms with Gasteiger partial charge in [0.2, 0.25) is 10.0 Å². The average molecular weight is 432 g/mol. The summed E-state index contributed by atoms with van der Waals surface area (Å²) in [7, 11) is -0.821. The molecular formula is C19H20N4O6S. The molecule has 0 atom stereocenters. The molecule has 2 aromatic heterocycles. The van der Waals surface area contributed by atoms with Gasteiger partial charge in [0, 0.05) is 25.5 Å². The van der Waals surface area contributed by atoms with E-state index >= 15 is 0 Å². The third-order valence-corrected chi connectivity index (χ3v) is 6.01. The number of benzene rings is 1. The van der Waals surface area contributed by atoms with Gasteiger partial charge in [0.15, 0.2) is 6.61 Å². The first-order valence-electron chi connectivity index (χ1n) is 8.83. The predicted octanol–water partition coefficient (Wildman–Crippen LogP) is 1.89. The van der Waals surface area contributed by atoms with Crippen LogP contribution in [0.25, 0.3) is 11.1 Å². The second-order valence-corrected chi connectivity index (χ2v) is 8.85. The van der Waals surface area contributed by atoms with E-state index in [9.17, 15) is 18.0 Å². The van der Waals surface area contributed by atoms with E-state index in [0.29, 0.717) is 16.8 Å². The highest BCUT2D eigenvalue weighted by Gasteiger charge is 2.20. The van der Waals surface area contributed by atoms with Crippen LogP contribution in [0.3, 0.4) is 0 Å². The molecule has 0 saturated carbocycles. The van der Waals surface area contributed by atoms with E-state index in [1.807, 2.05) is 0 Å². The van der Waals surface area contributed by atoms with E-state index in [0.717, 1.165) is 4.31 Å². The Morgan fingerprint density at radius 1 is 1.20 bits per heavy atom. The molecule has 0 saturated heterocycles. The fourth-order valence-electron chi connectivity index (χ4n) is 2.73. The van der Waals surface area contributed by atoms with E-state index in [2.05, 4.69) is 15.5 Å². The van der Waals surface area contributed by atoms with Gasteiger partial charge in [0.05, 0.1) is 21.5 Å². The van der Waals surface area contributed by atoms with Crippen molar-refractivity contribution < 1.29 is 27.3 Å². The van der Waals surface area contributed by atoms with Crippen LogP contribution in [0, 0.1) is 13.8 Å². The highest BCUT2D eigenvalue weighted by molar-refractivity contribution is 7.89. The summed E-state index contributed by atoms with van der Waals surface area (Å²) < 4.78 is 35.7. The first-order valence-corrected chi connectivity index (χ1v) is 10.3. The van der Waals surface area contributed by atoms with Crippen molar-refractivity contribution in [3.05, 3.63) is 47.3 Å². The molecule has 3 rings (SSSR count). The maximum Gasteiger partial charge on any atom is 0.339 e. The number of hydrogen-bond acceptors (Lipinski definition) is 8. The number of nitrogens with zero attached hydrogens (tertiary/aromatic N) is 3. The lowest BCUT2D eigenvalue weighted by Crippen LogP contribution is -2.23. The van der Waals surface area contributed by atoms with Crippen molar-refractivity contribution in [1.29, 1.82) is 0 Å². The van der Waals surface area contributed by atoms with Crippen molar-refractivity contribution in [3.63, 3.8) is 0 Å². The van der Waals surface area contributed by atoms with E-state index in [4.69, 9.17) is 9.26 Å². The van der Waals surface area contributed by atoms with Gasteiger partial charge >= 0.3 is 5.97 Å². The molecule has 0 spiro atoms. The van der Waals surface area contributed by atoms with E-state index in [1.165, 1.54) is 44.4 Å². The summed E-state index contributed by atoms with van der Waals surface area (Å²) in [5, 5.41) is 6.73. The maximum absolute atomic E-state index is 12.5. The zero-order chi connectivity index (χ0) is 22.1. The van der Waals surface area contributed by atoms with Crippen LogP contribution < -0.4 is 5.32 Å². The molecule has 0 aliphatic heterocycles. The minimum Gasteiger partial charge on any atom is -0.452 e. The van der Waals surface area contributed by atoms with Gasteiger partial charge in [0.25, 0.3) is 11.6 Å². The number of aromatic nitrogens is 2. The maximum atomic E-state index is 12.5. The fraction of sp³-hybridized carbons (Fsp3) is 0.263. The van der Waals surface area contributed by atoms with Crippen LogP contribution in [0.2, 0.25) is 0 Å². The Morgan fingerprint density at radius 2 is 1.93 bits per heavy atom. The number of aryl methyl sites for hydroxylation is 2. The molecule has 0 aliphatic rings. The second kappa shape index (κ2) is 8.20. The Morgan fingerprint density at radius 3 is 2.63 bits per heavy atom. The molecule has 1 amide bonds. The van der Waals surface area contributed by atoms with Crippen LogP contribution in [0.15, 0.2) is 39.8 Å². The molecule has 0 radical (unpaired) electrons. The molecule has 158 valence electrons. The van der Waals surface area contributed by atoms with Crippen LogP contribution in [0.5, 0.6) is 0 Å². The third-order valence-electron chi connectivity index (χ3n) is 4.20. The summed E-state index contributed by atoms with van der Waals surface area (Å²) >= 11 is 0. The molecule has 0 bridgehead atoms. The SMILES string of the molecule is Cc1cc(C(=O)OCC(=O)Nc2cccc(S(=O)(=O)N(C)C)c2)c2c(C)noc2n1. The molecule has 0 unspecified atom stereocenters. The highest BCUT2D eigenvalue weighted by Crippen LogP contribution is 2.23. The number of rotatable bonds is 6. The molecule has 2 heterocycles. The number of pyridine rings is 1. The van der Waals surface area contributed by atoms with Gasteiger partial charge in [0.1, 0.15) is 0 Å². The summed E-state index contributed by atoms with van der Waals surface area (Å²) in [6, 6.07) is 7.31. The van der Waals surface area contributed by atoms with Gasteiger partial charge in [-0.25, -0.2) is 22.5 Å². The number of fused-ring (bicyclic) bond motifs is 1. The Bertz CT molecular complexity index is 1230. The number of ether oxygens (including phenoxy) is 1. The van der Waals surface area contributed by atoms with Crippen LogP contribution >= 0.6 is 0 Å². The third kappa shape index (κ3) is 4.31. The van der Waals surface area contributed by atoms with Crippen molar-refractivity contribution in [2.24, 2.45) is 0 Å². The summed E-state index contributed by atoms with van der Waals surface area (Å²) in [6.45, 7) is 2.80. The Balaban J connectivity index is 1.70. The summed E-state index contributed by atoms with van der Waals surface area (Å²) in [5.74, 6) is -1.34. The summed E-state index contributed by atoms with van der Waals surface area (Å²) in [4.78, 5) is 28.9. The van der Waals surface area contributed by atoms with Crippen molar-refractivity contribution in [1.82, 2.24) is 14.4 Å². The Kier molecular flexibility index (Phi) is 5.85. The van der Waals surface area contributed by atoms with E-state index in [-0.39, 0.29) is 21.9 Å². The molecule has 30 heavy (non-hydrogen) atoms. The smallest absolute Gasteiger partial charge is 0.339 e. The molecule has 1 N–H and O–H groups in total. The van der Waals surface area contributed by atoms with Gasteiger partial charge in [-0.15, -0.1) is 0 Å². The number of esters is 1. The van der Waals surface area contributed by atoms with Crippen molar-refractivity contribution in [2.45, 2.75) is 18.7 Å². The van der Waals surface area contributed by atoms with Gasteiger partial charge in [-0.1, -0.05) is 11.2 Å². The first kappa shape index (κ1) is 21.4. The minimum atomic E-state index is -3.64. The quantitative estimate of drug-likeness (QED) is 0.584. The number of hydrogen-bond donors (Lipinski definition) is 1. The van der Waals surface area contributed by atoms with Gasteiger partial charge in [-0.2, -0.15) is 0 Å². The monoisotopic (exact) mass is 432 g/mol. The molecule has 0 fully saturated rings. The predicted molar refractivity (Wildman–Crippen MR) is 108 cm³/mol. The van der Waals surface area contributed by atoms with Gasteiger partial charge in [-0.3, -0.25) is 4.79 Å². The molecule has 10 nitrogen and oxygen atoms in total. The lowest BCUT2D eigenvalue weighted by Gasteiger charge is -2.13. The van der Waals surface area contributed by atoms with Crippen molar-refractivity contribution >= 4 is 38.7 Å². The normalized spacial score (nSPS) is 11.6. The van der Waals surface area contributed by atoms with Crippen molar-refractivity contribution in [2.75, 3.05) is 26.0 Å². The molecular weight excluding hydrogens is 412 g/mol. The number of carbonyl (C=O) groups is 2. The minimum absolute atomic E-state index is 0.0277. The topological polar surface area (TPSA) is 132 Å². The number of anilines is 1. The van der Waals surface area contributed by atoms with Crippen LogP contribution in [-0.2, 0) is 19.6 Å². The van der Waals surface area contributed by atoms with E-state index < -0.39 is 28.5 Å². The number of nitrogens with one attached hydrogen (secondary N) is 1. The fourth-order valence-corrected chi connectivity index (χ4v) is 3.68. The largest absolute Gasteiger partial charge is 0.452 e. The average Bonchev–Trinajstić information content (AvgIpc) is 3.06. The molecule has 11 heteroatoms. The van der Waals surface area contributed by atoms with Crippen LogP contribution in [-0.4, -0.2) is 55.4 Å². The Hall–Kier alpha value is -3.31. The summed E-state index contributed by atoms with van der Waals surface area (Å²) in [5.41, 5.74) is 1.68. The number of amides is 1. The Labute approximate surface area is 172 Å². The molecule has 1 aromatic carbocycles. The van der Waals surface area contributed by atoms with Gasteiger partial charge in [-0.05, 0) is 38.1 Å². The molecule has 0 aliphatic carbocycles. The number of sulfonamides is 1. The number of carbonyl (C=O) groups excluding carboxylic acids is 2. The van der Waals surface area contributed by atoms with Crippen LogP contribution in [0.4, 0.5) is 5.69 Å². The van der Waals surface area contributed by atoms with Crippen LogP contribution in [0.1, 0.15) is 21.7 Å². The zero-order valence-corrected chi connectivity index (χ0v) is 17.6. The summed E-state index contributed by atoms with van der Waals surface area (Å²) in [6.07, 6.45) is 0. The standard InChI is InChI=1S/C19H20N4O6S/c1-11-8-15(17-12(2)22-29-18(17)20-11)19(25)28-10-16(24)21-13-6-5-7-14(9-13)30(26,27)23(3)4/h5-9H,10H2,1-4H3,(H,21,24). The lowest BCUT2D eigenvalue weighted by molar-refractivity contribution is -0.119. The second-order valence-electron chi connectivity index (χ2n) is 6.70. The molecule has 3 aromatic rings. The lowest BCUT2D eigenvalue weighted by atomic mass is 10.1. The van der Waals surface area contributed by atoms with Gasteiger partial charge < -0.3 is 14.6 Å². The first-order chi connectivity index (χ1) is 14.1. The highest BCUT2D eigenvalue weighted by atomic mass is 32.2.